The Balaban J connectivity index is 2.98. The van der Waals surface area contributed by atoms with Gasteiger partial charge in [0.2, 0.25) is 0 Å². The van der Waals surface area contributed by atoms with E-state index in [-0.39, 0.29) is 0 Å². The van der Waals surface area contributed by atoms with Gasteiger partial charge in [-0.3, -0.25) is 0 Å². The SMILES string of the molecule is CCC(S)CC=S. The zero-order valence-corrected chi connectivity index (χ0v) is 6.14. The van der Waals surface area contributed by atoms with Crippen LogP contribution in [0.4, 0.5) is 0 Å². The van der Waals surface area contributed by atoms with E-state index >= 15 is 0 Å². The smallest absolute Gasteiger partial charge is 0.00568 e. The van der Waals surface area contributed by atoms with Gasteiger partial charge in [0.05, 0.1) is 0 Å². The molecule has 0 bridgehead atoms. The summed E-state index contributed by atoms with van der Waals surface area (Å²) in [5.41, 5.74) is 0. The first-order valence-corrected chi connectivity index (χ1v) is 3.41. The largest absolute Gasteiger partial charge is 0.176 e. The van der Waals surface area contributed by atoms with E-state index in [0.717, 1.165) is 12.8 Å². The average molecular weight is 134 g/mol. The van der Waals surface area contributed by atoms with Crippen molar-refractivity contribution in [3.05, 3.63) is 0 Å². The number of thiocarbonyl (C=S) groups is 1. The average Bonchev–Trinajstić information content (AvgIpc) is 1.68. The summed E-state index contributed by atoms with van der Waals surface area (Å²) in [6.45, 7) is 2.11. The maximum atomic E-state index is 4.62. The van der Waals surface area contributed by atoms with Crippen molar-refractivity contribution in [1.82, 2.24) is 0 Å². The highest BCUT2D eigenvalue weighted by Gasteiger charge is 1.92. The topological polar surface area (TPSA) is 0 Å². The van der Waals surface area contributed by atoms with Crippen molar-refractivity contribution in [3.63, 3.8) is 0 Å². The van der Waals surface area contributed by atoms with Crippen molar-refractivity contribution in [2.75, 3.05) is 0 Å². The van der Waals surface area contributed by atoms with Crippen LogP contribution >= 0.6 is 24.8 Å². The van der Waals surface area contributed by atoms with Crippen molar-refractivity contribution in [2.24, 2.45) is 0 Å². The van der Waals surface area contributed by atoms with Gasteiger partial charge in [-0.1, -0.05) is 19.1 Å². The molecule has 0 amide bonds. The van der Waals surface area contributed by atoms with Gasteiger partial charge in [-0.25, -0.2) is 0 Å². The summed E-state index contributed by atoms with van der Waals surface area (Å²) in [5.74, 6) is 0. The minimum Gasteiger partial charge on any atom is -0.176 e. The zero-order chi connectivity index (χ0) is 5.70. The maximum Gasteiger partial charge on any atom is 0.00568 e. The van der Waals surface area contributed by atoms with Gasteiger partial charge in [0.15, 0.2) is 0 Å². The first-order valence-electron chi connectivity index (χ1n) is 2.43. The fraction of sp³-hybridized carbons (Fsp3) is 0.800. The van der Waals surface area contributed by atoms with Crippen LogP contribution in [0.3, 0.4) is 0 Å². The van der Waals surface area contributed by atoms with Crippen molar-refractivity contribution < 1.29 is 0 Å². The molecule has 0 spiro atoms. The molecule has 2 heteroatoms. The molecule has 0 aromatic heterocycles. The molecular formula is C5H10S2. The van der Waals surface area contributed by atoms with Gasteiger partial charge in [0.25, 0.3) is 0 Å². The molecule has 0 radical (unpaired) electrons. The van der Waals surface area contributed by atoms with Gasteiger partial charge in [-0.15, -0.1) is 0 Å². The van der Waals surface area contributed by atoms with Crippen molar-refractivity contribution in [2.45, 2.75) is 25.0 Å². The highest BCUT2D eigenvalue weighted by Crippen LogP contribution is 2.02. The summed E-state index contributed by atoms with van der Waals surface area (Å²) in [4.78, 5) is 0. The summed E-state index contributed by atoms with van der Waals surface area (Å²) in [5, 5.41) is 2.22. The Morgan fingerprint density at radius 3 is 2.57 bits per heavy atom. The Morgan fingerprint density at radius 1 is 1.86 bits per heavy atom. The van der Waals surface area contributed by atoms with Gasteiger partial charge < -0.3 is 0 Å². The van der Waals surface area contributed by atoms with Gasteiger partial charge in [-0.2, -0.15) is 12.6 Å². The first-order chi connectivity index (χ1) is 3.31. The van der Waals surface area contributed by atoms with Crippen LogP contribution in [0.1, 0.15) is 19.8 Å². The zero-order valence-electron chi connectivity index (χ0n) is 4.42. The Morgan fingerprint density at radius 2 is 2.43 bits per heavy atom. The number of hydrogen-bond donors (Lipinski definition) is 1. The maximum absolute atomic E-state index is 4.62. The molecule has 42 valence electrons. The van der Waals surface area contributed by atoms with E-state index in [1.807, 2.05) is 0 Å². The lowest BCUT2D eigenvalue weighted by atomic mass is 10.3. The molecule has 0 aromatic carbocycles. The lowest BCUT2D eigenvalue weighted by Crippen LogP contribution is -1.93. The molecule has 7 heavy (non-hydrogen) atoms. The van der Waals surface area contributed by atoms with Gasteiger partial charge in [0, 0.05) is 5.25 Å². The highest BCUT2D eigenvalue weighted by atomic mass is 32.1. The van der Waals surface area contributed by atoms with Crippen LogP contribution in [0, 0.1) is 0 Å². The minimum atomic E-state index is 0.484. The molecule has 0 fully saturated rings. The fourth-order valence-corrected chi connectivity index (χ4v) is 0.758. The van der Waals surface area contributed by atoms with Gasteiger partial charge in [0.1, 0.15) is 0 Å². The van der Waals surface area contributed by atoms with E-state index in [1.165, 1.54) is 0 Å². The van der Waals surface area contributed by atoms with Crippen molar-refractivity contribution in [1.29, 1.82) is 0 Å². The van der Waals surface area contributed by atoms with Gasteiger partial charge in [-0.05, 0) is 18.2 Å². The molecule has 0 aliphatic carbocycles. The predicted octanol–water partition coefficient (Wildman–Crippen LogP) is 2.08. The molecule has 0 nitrogen and oxygen atoms in total. The molecule has 1 unspecified atom stereocenters. The second-order valence-corrected chi connectivity index (χ2v) is 2.53. The van der Waals surface area contributed by atoms with Crippen LogP contribution in [0.25, 0.3) is 0 Å². The number of thiol groups is 1. The quantitative estimate of drug-likeness (QED) is 0.455. The Hall–Kier alpha value is 0.440. The Bertz CT molecular complexity index is 52.0. The van der Waals surface area contributed by atoms with Gasteiger partial charge >= 0.3 is 0 Å². The van der Waals surface area contributed by atoms with Crippen LogP contribution in [0.2, 0.25) is 0 Å². The van der Waals surface area contributed by atoms with Crippen molar-refractivity contribution >= 4 is 30.2 Å². The third-order valence-electron chi connectivity index (χ3n) is 0.840. The summed E-state index contributed by atoms with van der Waals surface area (Å²) in [6, 6.07) is 0. The standard InChI is InChI=1S/C5H10S2/c1-2-5(7)3-4-6/h4-5,7H,2-3H2,1H3. The van der Waals surface area contributed by atoms with Crippen molar-refractivity contribution in [3.8, 4) is 0 Å². The van der Waals surface area contributed by atoms with Crippen LogP contribution < -0.4 is 0 Å². The van der Waals surface area contributed by atoms with Crippen LogP contribution in [-0.2, 0) is 0 Å². The molecule has 0 saturated carbocycles. The molecule has 0 N–H and O–H groups in total. The second kappa shape index (κ2) is 4.60. The third-order valence-corrected chi connectivity index (χ3v) is 1.61. The molecule has 0 saturated heterocycles. The molecule has 0 heterocycles. The summed E-state index contributed by atoms with van der Waals surface area (Å²) >= 11 is 8.83. The highest BCUT2D eigenvalue weighted by molar-refractivity contribution is 7.81. The number of hydrogen-bond acceptors (Lipinski definition) is 2. The van der Waals surface area contributed by atoms with E-state index in [2.05, 4.69) is 31.8 Å². The molecule has 0 aliphatic heterocycles. The first kappa shape index (κ1) is 7.44. The van der Waals surface area contributed by atoms with E-state index in [0.29, 0.717) is 5.25 Å². The molecule has 0 aliphatic rings. The van der Waals surface area contributed by atoms with E-state index in [1.54, 1.807) is 5.37 Å². The molecular weight excluding hydrogens is 124 g/mol. The molecule has 0 aromatic rings. The third kappa shape index (κ3) is 4.29. The van der Waals surface area contributed by atoms with Crippen LogP contribution in [0.15, 0.2) is 0 Å². The Kier molecular flexibility index (Phi) is 4.88. The Labute approximate surface area is 55.7 Å². The van der Waals surface area contributed by atoms with Crippen LogP contribution in [-0.4, -0.2) is 10.6 Å². The van der Waals surface area contributed by atoms with E-state index < -0.39 is 0 Å². The normalized spacial score (nSPS) is 13.4. The molecule has 0 rings (SSSR count). The monoisotopic (exact) mass is 134 g/mol. The summed E-state index contributed by atoms with van der Waals surface area (Å²) in [6.07, 6.45) is 2.06. The number of rotatable bonds is 3. The van der Waals surface area contributed by atoms with E-state index in [9.17, 15) is 0 Å². The second-order valence-electron chi connectivity index (χ2n) is 1.46. The summed E-state index contributed by atoms with van der Waals surface area (Å²) in [7, 11) is 0. The lowest BCUT2D eigenvalue weighted by molar-refractivity contribution is 0.875. The molecule has 1 atom stereocenters. The summed E-state index contributed by atoms with van der Waals surface area (Å²) < 4.78 is 0. The lowest BCUT2D eigenvalue weighted by Gasteiger charge is -1.98. The minimum absolute atomic E-state index is 0.484. The van der Waals surface area contributed by atoms with E-state index in [4.69, 9.17) is 0 Å². The van der Waals surface area contributed by atoms with Crippen LogP contribution in [0.5, 0.6) is 0 Å². The fourth-order valence-electron chi connectivity index (χ4n) is 0.278. The predicted molar refractivity (Wildman–Crippen MR) is 41.3 cm³/mol.